The van der Waals surface area contributed by atoms with Crippen molar-refractivity contribution in [3.8, 4) is 0 Å². The highest BCUT2D eigenvalue weighted by Gasteiger charge is 2.61. The summed E-state index contributed by atoms with van der Waals surface area (Å²) in [4.78, 5) is 55.1. The maximum Gasteiger partial charge on any atom is 0.408 e. The lowest BCUT2D eigenvalue weighted by Gasteiger charge is -2.30. The smallest absolute Gasteiger partial charge is 0.408 e. The van der Waals surface area contributed by atoms with E-state index in [0.29, 0.717) is 49.2 Å². The molecular formula is C31H44ClN5O7S. The number of nitrogens with zero attached hydrogens (tertiary/aromatic N) is 2. The predicted octanol–water partition coefficient (Wildman–Crippen LogP) is 3.41. The lowest BCUT2D eigenvalue weighted by atomic mass is 10.0. The van der Waals surface area contributed by atoms with Gasteiger partial charge in [0.1, 0.15) is 23.2 Å². The summed E-state index contributed by atoms with van der Waals surface area (Å²) in [6.45, 7) is 5.52. The van der Waals surface area contributed by atoms with Gasteiger partial charge in [-0.1, -0.05) is 48.7 Å². The highest BCUT2D eigenvalue weighted by atomic mass is 35.5. The molecule has 2 fully saturated rings. The van der Waals surface area contributed by atoms with Gasteiger partial charge in [-0.25, -0.2) is 9.52 Å². The number of ether oxygens (including phenoxy) is 1. The zero-order valence-corrected chi connectivity index (χ0v) is 27.9. The topological polar surface area (TPSA) is 154 Å². The molecule has 248 valence electrons. The van der Waals surface area contributed by atoms with E-state index in [-0.39, 0.29) is 18.9 Å². The Kier molecular flexibility index (Phi) is 10.9. The van der Waals surface area contributed by atoms with Gasteiger partial charge in [0.2, 0.25) is 11.8 Å². The first-order valence-electron chi connectivity index (χ1n) is 15.4. The summed E-state index contributed by atoms with van der Waals surface area (Å²) in [5.41, 5.74) is -1.55. The molecule has 45 heavy (non-hydrogen) atoms. The van der Waals surface area contributed by atoms with E-state index in [0.717, 1.165) is 17.1 Å². The number of rotatable bonds is 6. The molecule has 1 aliphatic carbocycles. The van der Waals surface area contributed by atoms with Crippen molar-refractivity contribution in [3.63, 3.8) is 0 Å². The normalized spacial score (nSPS) is 26.2. The Bertz CT molecular complexity index is 1410. The van der Waals surface area contributed by atoms with Gasteiger partial charge in [0, 0.05) is 31.1 Å². The van der Waals surface area contributed by atoms with Gasteiger partial charge in [-0.2, -0.15) is 12.7 Å². The number of amides is 4. The van der Waals surface area contributed by atoms with E-state index in [1.807, 2.05) is 12.2 Å². The summed E-state index contributed by atoms with van der Waals surface area (Å²) in [7, 11) is -2.91. The van der Waals surface area contributed by atoms with Crippen LogP contribution in [0.5, 0.6) is 0 Å². The molecule has 4 amide bonds. The van der Waals surface area contributed by atoms with Crippen molar-refractivity contribution < 1.29 is 32.3 Å². The maximum absolute atomic E-state index is 13.7. The number of hydrogen-bond donors (Lipinski definition) is 3. The molecule has 0 bridgehead atoms. The minimum Gasteiger partial charge on any atom is -0.444 e. The van der Waals surface area contributed by atoms with Gasteiger partial charge in [0.15, 0.2) is 0 Å². The molecule has 2 aliphatic heterocycles. The molecule has 14 heteroatoms. The van der Waals surface area contributed by atoms with Crippen LogP contribution in [0, 0.1) is 5.92 Å². The van der Waals surface area contributed by atoms with Gasteiger partial charge in [-0.05, 0) is 77.0 Å². The zero-order valence-electron chi connectivity index (χ0n) is 26.3. The van der Waals surface area contributed by atoms with E-state index in [4.69, 9.17) is 16.3 Å². The van der Waals surface area contributed by atoms with Crippen LogP contribution >= 0.6 is 11.6 Å². The number of benzene rings is 1. The molecule has 4 atom stereocenters. The summed E-state index contributed by atoms with van der Waals surface area (Å²) in [5, 5.41) is 6.05. The molecule has 1 saturated carbocycles. The minimum absolute atomic E-state index is 0.000115. The van der Waals surface area contributed by atoms with Crippen LogP contribution in [-0.2, 0) is 35.9 Å². The highest BCUT2D eigenvalue weighted by Crippen LogP contribution is 2.45. The first kappa shape index (κ1) is 34.7. The summed E-state index contributed by atoms with van der Waals surface area (Å²) >= 11 is 5.93. The average Bonchev–Trinajstić information content (AvgIpc) is 3.40. The lowest BCUT2D eigenvalue weighted by molar-refractivity contribution is -0.141. The molecule has 3 aliphatic rings. The number of allylic oxidation sites excluding steroid dienone is 1. The number of carbonyl (C=O) groups is 4. The number of carbonyl (C=O) groups excluding carboxylic acids is 4. The fraction of sp³-hybridized carbons (Fsp3) is 0.613. The van der Waals surface area contributed by atoms with Gasteiger partial charge in [-0.15, -0.1) is 0 Å². The SMILES string of the molecule is CN(Cc1ccc(Cl)cc1)S(=O)(=O)NC(=O)[C@@]12C[C@H]1C=CCCCCC[C@H](NC(=O)OC(C)(C)C)C(=O)N1CCC[C@H]1C(=O)N2. The number of nitrogens with one attached hydrogen (secondary N) is 3. The monoisotopic (exact) mass is 665 g/mol. The number of hydrogen-bond acceptors (Lipinski definition) is 7. The van der Waals surface area contributed by atoms with Crippen molar-refractivity contribution in [2.24, 2.45) is 5.92 Å². The molecule has 0 unspecified atom stereocenters. The summed E-state index contributed by atoms with van der Waals surface area (Å²) < 4.78 is 34.9. The molecule has 1 aromatic carbocycles. The summed E-state index contributed by atoms with van der Waals surface area (Å²) in [6.07, 6.45) is 7.65. The van der Waals surface area contributed by atoms with E-state index in [1.54, 1.807) is 45.0 Å². The first-order chi connectivity index (χ1) is 21.1. The summed E-state index contributed by atoms with van der Waals surface area (Å²) in [5.74, 6) is -2.16. The molecule has 4 rings (SSSR count). The second-order valence-corrected chi connectivity index (χ2v) is 15.3. The van der Waals surface area contributed by atoms with Crippen molar-refractivity contribution in [2.45, 2.75) is 102 Å². The number of alkyl carbamates (subject to hydrolysis) is 1. The van der Waals surface area contributed by atoms with Gasteiger partial charge in [0.25, 0.3) is 5.91 Å². The molecule has 2 heterocycles. The Morgan fingerprint density at radius 3 is 2.51 bits per heavy atom. The van der Waals surface area contributed by atoms with E-state index in [2.05, 4.69) is 15.4 Å². The van der Waals surface area contributed by atoms with E-state index < -0.39 is 57.3 Å². The van der Waals surface area contributed by atoms with Gasteiger partial charge >= 0.3 is 16.3 Å². The fourth-order valence-corrected chi connectivity index (χ4v) is 6.78. The molecule has 0 radical (unpaired) electrons. The van der Waals surface area contributed by atoms with Crippen LogP contribution in [0.4, 0.5) is 4.79 Å². The van der Waals surface area contributed by atoms with Gasteiger partial charge in [0.05, 0.1) is 0 Å². The van der Waals surface area contributed by atoms with Crippen LogP contribution in [0.1, 0.15) is 77.7 Å². The lowest BCUT2D eigenvalue weighted by Crippen LogP contribution is -2.59. The van der Waals surface area contributed by atoms with Crippen LogP contribution in [0.3, 0.4) is 0 Å². The third kappa shape index (κ3) is 8.98. The van der Waals surface area contributed by atoms with Crippen molar-refractivity contribution in [3.05, 3.63) is 47.0 Å². The molecule has 0 spiro atoms. The highest BCUT2D eigenvalue weighted by molar-refractivity contribution is 7.87. The molecule has 0 aromatic heterocycles. The van der Waals surface area contributed by atoms with Crippen molar-refractivity contribution in [1.29, 1.82) is 0 Å². The van der Waals surface area contributed by atoms with Crippen molar-refractivity contribution in [2.75, 3.05) is 13.6 Å². The van der Waals surface area contributed by atoms with Gasteiger partial charge < -0.3 is 20.3 Å². The van der Waals surface area contributed by atoms with E-state index >= 15 is 0 Å². The summed E-state index contributed by atoms with van der Waals surface area (Å²) in [6, 6.07) is 4.94. The molecule has 12 nitrogen and oxygen atoms in total. The van der Waals surface area contributed by atoms with Crippen molar-refractivity contribution in [1.82, 2.24) is 24.6 Å². The Hall–Kier alpha value is -3.16. The zero-order chi connectivity index (χ0) is 33.0. The Morgan fingerprint density at radius 1 is 1.11 bits per heavy atom. The van der Waals surface area contributed by atoms with Crippen LogP contribution in [0.2, 0.25) is 5.02 Å². The van der Waals surface area contributed by atoms with Crippen molar-refractivity contribution >= 4 is 45.6 Å². The second kappa shape index (κ2) is 14.1. The molecule has 1 saturated heterocycles. The van der Waals surface area contributed by atoms with Crippen LogP contribution in [-0.4, -0.2) is 78.3 Å². The molecule has 3 N–H and O–H groups in total. The quantitative estimate of drug-likeness (QED) is 0.394. The van der Waals surface area contributed by atoms with Gasteiger partial charge in [-0.3, -0.25) is 14.4 Å². The minimum atomic E-state index is -4.26. The van der Waals surface area contributed by atoms with Crippen LogP contribution in [0.15, 0.2) is 36.4 Å². The standard InChI is InChI=1S/C31H44ClN5O7S/c1-30(2,3)44-29(41)33-24-12-9-7-5-6-8-11-22-19-31(22,34-26(38)25-13-10-18-37(25)27(24)39)28(40)35-45(42,43)36(4)20-21-14-16-23(32)17-15-21/h8,11,14-17,22,24-25H,5-7,9-10,12-13,18-20H2,1-4H3,(H,33,41)(H,34,38)(H,35,40)/t22-,24+,25+,31-/m1/s1. The maximum atomic E-state index is 13.7. The third-order valence-electron chi connectivity index (χ3n) is 8.28. The predicted molar refractivity (Wildman–Crippen MR) is 169 cm³/mol. The Balaban J connectivity index is 1.52. The third-order valence-corrected chi connectivity index (χ3v) is 9.92. The molecule has 1 aromatic rings. The van der Waals surface area contributed by atoms with E-state index in [1.165, 1.54) is 11.9 Å². The van der Waals surface area contributed by atoms with Crippen LogP contribution < -0.4 is 15.4 Å². The number of halogens is 1. The second-order valence-electron chi connectivity index (χ2n) is 13.0. The average molecular weight is 666 g/mol. The number of fused-ring (bicyclic) bond motifs is 2. The van der Waals surface area contributed by atoms with E-state index in [9.17, 15) is 27.6 Å². The first-order valence-corrected chi connectivity index (χ1v) is 17.2. The Labute approximate surface area is 270 Å². The largest absolute Gasteiger partial charge is 0.444 e. The Morgan fingerprint density at radius 2 is 1.82 bits per heavy atom. The fourth-order valence-electron chi connectivity index (χ4n) is 5.76. The van der Waals surface area contributed by atoms with Crippen LogP contribution in [0.25, 0.3) is 0 Å². The molecular weight excluding hydrogens is 622 g/mol.